The van der Waals surface area contributed by atoms with Gasteiger partial charge in [-0.3, -0.25) is 19.1 Å². The number of pyridine rings is 1. The van der Waals surface area contributed by atoms with Gasteiger partial charge in [-0.25, -0.2) is 17.6 Å². The first-order valence-electron chi connectivity index (χ1n) is 18.2. The number of sulfonamides is 1. The van der Waals surface area contributed by atoms with Gasteiger partial charge in [0.25, 0.3) is 5.91 Å². The van der Waals surface area contributed by atoms with Gasteiger partial charge in [-0.2, -0.15) is 4.98 Å². The SMILES string of the molecule is CC(C)Oc1cc2ccccc2c(O[C@@H]2C[C@H]3C(=O)N[C@]4(C(=O)NS(=O)(=O)C5(CF)CC5)C[C@H]4/C=C\CC[C@H](C)C[C@@H](C)[C@H](NC(=O)O)C(=O)N3C2)n1. The van der Waals surface area contributed by atoms with E-state index in [0.717, 1.165) is 5.39 Å². The first kappa shape index (κ1) is 38.3. The molecule has 1 aromatic carbocycles. The van der Waals surface area contributed by atoms with Crippen LogP contribution in [0.3, 0.4) is 0 Å². The fourth-order valence-electron chi connectivity index (χ4n) is 7.58. The van der Waals surface area contributed by atoms with E-state index in [1.807, 2.05) is 51.1 Å². The predicted octanol–water partition coefficient (Wildman–Crippen LogP) is 3.84. The van der Waals surface area contributed by atoms with Crippen LogP contribution in [-0.4, -0.2) is 95.0 Å². The van der Waals surface area contributed by atoms with Crippen LogP contribution in [0.15, 0.2) is 42.5 Å². The summed E-state index contributed by atoms with van der Waals surface area (Å²) in [6, 6.07) is 6.74. The Balaban J connectivity index is 1.35. The third kappa shape index (κ3) is 7.92. The molecule has 14 nitrogen and oxygen atoms in total. The van der Waals surface area contributed by atoms with Crippen LogP contribution in [0.25, 0.3) is 10.8 Å². The lowest BCUT2D eigenvalue weighted by atomic mass is 9.88. The quantitative estimate of drug-likeness (QED) is 0.273. The molecule has 0 radical (unpaired) electrons. The minimum atomic E-state index is -4.39. The highest BCUT2D eigenvalue weighted by Crippen LogP contribution is 2.48. The summed E-state index contributed by atoms with van der Waals surface area (Å²) >= 11 is 0. The van der Waals surface area contributed by atoms with Crippen LogP contribution in [0.2, 0.25) is 0 Å². The summed E-state index contributed by atoms with van der Waals surface area (Å²) in [7, 11) is -4.39. The Morgan fingerprint density at radius 3 is 2.58 bits per heavy atom. The van der Waals surface area contributed by atoms with E-state index in [2.05, 4.69) is 20.3 Å². The molecule has 0 bridgehead atoms. The standard InChI is InChI=1S/C37H48FN5O9S/c1-21(2)51-29-16-24-10-6-8-12-27(24)32(39-29)52-26-17-28-31(44)41-37(34(46)42-53(49,50)36(20-38)13-14-36)18-25(37)11-7-5-9-22(3)15-23(4)30(40-35(47)48)33(45)43(28)19-26/h6-8,10-12,16,21-23,25-26,28,30,40H,5,9,13-15,17-20H2,1-4H3,(H,41,44)(H,42,46)(H,47,48)/b11-7-/t22-,23+,25+,26+,28-,30-,37+/m0/s1. The number of carbonyl (C=O) groups excluding carboxylic acids is 3. The van der Waals surface area contributed by atoms with Crippen molar-refractivity contribution in [3.05, 3.63) is 42.5 Å². The number of aromatic nitrogens is 1. The molecule has 0 unspecified atom stereocenters. The van der Waals surface area contributed by atoms with Crippen molar-refractivity contribution in [1.29, 1.82) is 0 Å². The molecule has 16 heteroatoms. The molecular formula is C37H48FN5O9S. The van der Waals surface area contributed by atoms with Gasteiger partial charge in [-0.15, -0.1) is 0 Å². The van der Waals surface area contributed by atoms with Crippen LogP contribution in [0, 0.1) is 17.8 Å². The second-order valence-corrected chi connectivity index (χ2v) is 17.5. The molecule has 1 aromatic heterocycles. The van der Waals surface area contributed by atoms with Crippen LogP contribution >= 0.6 is 0 Å². The number of alkyl halides is 1. The molecular weight excluding hydrogens is 709 g/mol. The predicted molar refractivity (Wildman–Crippen MR) is 192 cm³/mol. The number of nitrogens with zero attached hydrogens (tertiary/aromatic N) is 2. The summed E-state index contributed by atoms with van der Waals surface area (Å²) in [4.78, 5) is 60.4. The van der Waals surface area contributed by atoms with Gasteiger partial charge in [-0.05, 0) is 75.7 Å². The fraction of sp³-hybridized carbons (Fsp3) is 0.595. The Hall–Kier alpha value is -4.47. The van der Waals surface area contributed by atoms with Crippen LogP contribution in [0.5, 0.6) is 11.8 Å². The fourth-order valence-corrected chi connectivity index (χ4v) is 9.00. The molecule has 2 aromatic rings. The molecule has 2 aliphatic carbocycles. The van der Waals surface area contributed by atoms with Crippen molar-refractivity contribution < 1.29 is 46.6 Å². The second kappa shape index (κ2) is 14.7. The van der Waals surface area contributed by atoms with Crippen molar-refractivity contribution in [3.63, 3.8) is 0 Å². The number of amides is 4. The van der Waals surface area contributed by atoms with Crippen molar-refractivity contribution >= 4 is 44.6 Å². The van der Waals surface area contributed by atoms with Gasteiger partial charge in [0.2, 0.25) is 33.6 Å². The lowest BCUT2D eigenvalue weighted by Gasteiger charge is -2.32. The summed E-state index contributed by atoms with van der Waals surface area (Å²) in [6.07, 6.45) is 3.30. The summed E-state index contributed by atoms with van der Waals surface area (Å²) in [5.41, 5.74) is -1.67. The van der Waals surface area contributed by atoms with Gasteiger partial charge in [0.05, 0.1) is 12.6 Å². The number of allylic oxidation sites excluding steroid dienone is 1. The molecule has 2 aliphatic heterocycles. The highest BCUT2D eigenvalue weighted by Gasteiger charge is 2.64. The van der Waals surface area contributed by atoms with Crippen molar-refractivity contribution in [2.24, 2.45) is 17.8 Å². The van der Waals surface area contributed by atoms with E-state index in [9.17, 15) is 37.1 Å². The first-order chi connectivity index (χ1) is 25.1. The number of carbonyl (C=O) groups is 4. The smallest absolute Gasteiger partial charge is 0.405 e. The maximum absolute atomic E-state index is 14.4. The van der Waals surface area contributed by atoms with Gasteiger partial charge >= 0.3 is 6.09 Å². The zero-order valence-corrected chi connectivity index (χ0v) is 31.2. The lowest BCUT2D eigenvalue weighted by Crippen LogP contribution is -2.59. The molecule has 0 spiro atoms. The Kier molecular flexibility index (Phi) is 10.6. The minimum Gasteiger partial charge on any atom is -0.475 e. The number of carboxylic acid groups (broad SMARTS) is 1. The number of hydrogen-bond acceptors (Lipinski definition) is 9. The molecule has 7 atom stereocenters. The topological polar surface area (TPSA) is 193 Å². The highest BCUT2D eigenvalue weighted by molar-refractivity contribution is 7.91. The minimum absolute atomic E-state index is 0.0467. The molecule has 4 aliphatic rings. The van der Waals surface area contributed by atoms with E-state index >= 15 is 0 Å². The summed E-state index contributed by atoms with van der Waals surface area (Å²) in [5, 5.41) is 16.4. The molecule has 2 saturated carbocycles. The summed E-state index contributed by atoms with van der Waals surface area (Å²) in [6.45, 7) is 6.26. The van der Waals surface area contributed by atoms with Gasteiger partial charge in [0.15, 0.2) is 0 Å². The maximum Gasteiger partial charge on any atom is 0.405 e. The average molecular weight is 758 g/mol. The van der Waals surface area contributed by atoms with Crippen LogP contribution in [-0.2, 0) is 24.4 Å². The molecule has 4 amide bonds. The van der Waals surface area contributed by atoms with Crippen molar-refractivity contribution in [2.45, 2.75) is 107 Å². The van der Waals surface area contributed by atoms with E-state index in [-0.39, 0.29) is 50.1 Å². The summed E-state index contributed by atoms with van der Waals surface area (Å²) in [5.74, 6) is -2.71. The number of ether oxygens (including phenoxy) is 2. The molecule has 53 heavy (non-hydrogen) atoms. The van der Waals surface area contributed by atoms with Crippen LogP contribution in [0.4, 0.5) is 9.18 Å². The highest BCUT2D eigenvalue weighted by atomic mass is 32.2. The third-order valence-corrected chi connectivity index (χ3v) is 13.0. The Bertz CT molecular complexity index is 1900. The van der Waals surface area contributed by atoms with E-state index < -0.39 is 80.8 Å². The van der Waals surface area contributed by atoms with Gasteiger partial charge in [0, 0.05) is 23.8 Å². The molecule has 6 rings (SSSR count). The van der Waals surface area contributed by atoms with Gasteiger partial charge in [-0.1, -0.05) is 44.2 Å². The van der Waals surface area contributed by atoms with Crippen molar-refractivity contribution in [1.82, 2.24) is 25.2 Å². The van der Waals surface area contributed by atoms with Crippen LogP contribution in [0.1, 0.15) is 72.6 Å². The zero-order chi connectivity index (χ0) is 38.3. The molecule has 288 valence electrons. The largest absolute Gasteiger partial charge is 0.475 e. The lowest BCUT2D eigenvalue weighted by molar-refractivity contribution is -0.142. The molecule has 4 N–H and O–H groups in total. The van der Waals surface area contributed by atoms with E-state index in [1.54, 1.807) is 19.1 Å². The number of rotatable bonds is 9. The molecule has 3 fully saturated rings. The number of benzene rings is 1. The normalized spacial score (nSPS) is 30.6. The average Bonchev–Trinajstić information content (AvgIpc) is 3.99. The third-order valence-electron chi connectivity index (χ3n) is 10.9. The van der Waals surface area contributed by atoms with E-state index in [1.165, 1.54) is 4.90 Å². The Morgan fingerprint density at radius 2 is 1.91 bits per heavy atom. The number of fused-ring (bicyclic) bond motifs is 3. The molecule has 1 saturated heterocycles. The maximum atomic E-state index is 14.4. The van der Waals surface area contributed by atoms with Crippen molar-refractivity contribution in [2.75, 3.05) is 13.2 Å². The van der Waals surface area contributed by atoms with E-state index in [0.29, 0.717) is 30.5 Å². The summed E-state index contributed by atoms with van der Waals surface area (Å²) < 4.78 is 52.7. The number of halogens is 1. The second-order valence-electron chi connectivity index (χ2n) is 15.4. The van der Waals surface area contributed by atoms with Crippen molar-refractivity contribution in [3.8, 4) is 11.8 Å². The zero-order valence-electron chi connectivity index (χ0n) is 30.3. The Labute approximate surface area is 308 Å². The number of hydrogen-bond donors (Lipinski definition) is 4. The Morgan fingerprint density at radius 1 is 1.17 bits per heavy atom. The van der Waals surface area contributed by atoms with Gasteiger partial charge in [0.1, 0.15) is 35.1 Å². The van der Waals surface area contributed by atoms with Gasteiger partial charge < -0.3 is 30.1 Å². The van der Waals surface area contributed by atoms with E-state index in [4.69, 9.17) is 9.47 Å². The number of nitrogens with one attached hydrogen (secondary N) is 3. The first-order valence-corrected chi connectivity index (χ1v) is 19.7. The monoisotopic (exact) mass is 757 g/mol. The van der Waals surface area contributed by atoms with Crippen LogP contribution < -0.4 is 24.8 Å². The molecule has 3 heterocycles.